The van der Waals surface area contributed by atoms with Gasteiger partial charge in [-0.1, -0.05) is 269 Å². The number of carbonyl (C=O) groups is 4. The Bertz CT molecular complexity index is 2050. The van der Waals surface area contributed by atoms with Crippen LogP contribution in [0.2, 0.25) is 0 Å². The fourth-order valence-corrected chi connectivity index (χ4v) is 12.7. The fourth-order valence-electron chi connectivity index (χ4n) is 11.1. The van der Waals surface area contributed by atoms with Crippen molar-refractivity contribution in [2.45, 2.75) is 393 Å². The maximum absolute atomic E-state index is 13.1. The summed E-state index contributed by atoms with van der Waals surface area (Å²) in [6.07, 6.45) is 69.4. The molecule has 17 nitrogen and oxygen atoms in total. The van der Waals surface area contributed by atoms with Crippen LogP contribution in [-0.4, -0.2) is 96.7 Å². The summed E-state index contributed by atoms with van der Waals surface area (Å²) in [5, 5.41) is 10.6. The quantitative estimate of drug-likeness (QED) is 0.0169. The van der Waals surface area contributed by atoms with Crippen molar-refractivity contribution in [3.8, 4) is 0 Å². The Morgan fingerprint density at radius 2 is 0.469 bits per heavy atom. The smallest absolute Gasteiger partial charge is 0.462 e. The van der Waals surface area contributed by atoms with Crippen LogP contribution >= 0.6 is 15.6 Å². The van der Waals surface area contributed by atoms with Crippen LogP contribution < -0.4 is 0 Å². The van der Waals surface area contributed by atoms with E-state index in [2.05, 4.69) is 76.3 Å². The fraction of sp³-hybridized carbons (Fsp3) is 0.848. The van der Waals surface area contributed by atoms with E-state index in [1.165, 1.54) is 128 Å². The van der Waals surface area contributed by atoms with Crippen molar-refractivity contribution < 1.29 is 80.2 Å². The van der Waals surface area contributed by atoms with Crippen molar-refractivity contribution in [1.29, 1.82) is 0 Å². The van der Waals surface area contributed by atoms with Gasteiger partial charge in [-0.3, -0.25) is 37.3 Å². The second-order valence-electron chi connectivity index (χ2n) is 27.0. The number of carbonyl (C=O) groups excluding carboxylic acids is 4. The first kappa shape index (κ1) is 95.0. The summed E-state index contributed by atoms with van der Waals surface area (Å²) in [4.78, 5) is 72.9. The number of rotatable bonds is 76. The van der Waals surface area contributed by atoms with Crippen LogP contribution in [0.5, 0.6) is 0 Å². The molecule has 0 aliphatic carbocycles. The zero-order chi connectivity index (χ0) is 71.8. The minimum absolute atomic E-state index is 0.0883. The monoisotopic (exact) mass is 1430 g/mol. The second kappa shape index (κ2) is 72.4. The number of esters is 4. The van der Waals surface area contributed by atoms with Gasteiger partial charge in [0.25, 0.3) is 0 Å². The Kier molecular flexibility index (Phi) is 70.2. The highest BCUT2D eigenvalue weighted by atomic mass is 31.2. The van der Waals surface area contributed by atoms with Gasteiger partial charge in [-0.15, -0.1) is 0 Å². The number of ether oxygens (including phenoxy) is 4. The molecule has 0 rings (SSSR count). The molecule has 98 heavy (non-hydrogen) atoms. The minimum Gasteiger partial charge on any atom is -0.462 e. The van der Waals surface area contributed by atoms with Crippen molar-refractivity contribution in [2.24, 2.45) is 0 Å². The number of phosphoric acid groups is 2. The number of aliphatic hydroxyl groups excluding tert-OH is 1. The van der Waals surface area contributed by atoms with Crippen LogP contribution in [0.3, 0.4) is 0 Å². The summed E-state index contributed by atoms with van der Waals surface area (Å²) in [6.45, 7) is 4.88. The average Bonchev–Trinajstić information content (AvgIpc) is 1.04. The third-order valence-electron chi connectivity index (χ3n) is 17.2. The molecule has 5 atom stereocenters. The van der Waals surface area contributed by atoms with Crippen LogP contribution in [0.1, 0.15) is 374 Å². The van der Waals surface area contributed by atoms with Gasteiger partial charge in [-0.05, 0) is 128 Å². The predicted molar refractivity (Wildman–Crippen MR) is 400 cm³/mol. The van der Waals surface area contributed by atoms with E-state index in [1.54, 1.807) is 0 Å². The molecule has 2 unspecified atom stereocenters. The van der Waals surface area contributed by atoms with Crippen molar-refractivity contribution >= 4 is 39.5 Å². The lowest BCUT2D eigenvalue weighted by Crippen LogP contribution is -2.30. The molecule has 0 saturated carbocycles. The molecule has 0 aromatic carbocycles. The summed E-state index contributed by atoms with van der Waals surface area (Å²) in [6, 6.07) is 0. The molecule has 0 bridgehead atoms. The van der Waals surface area contributed by atoms with Crippen LogP contribution in [0.25, 0.3) is 0 Å². The summed E-state index contributed by atoms with van der Waals surface area (Å²) in [5.74, 6) is -2.17. The van der Waals surface area contributed by atoms with Gasteiger partial charge in [0.15, 0.2) is 12.2 Å². The van der Waals surface area contributed by atoms with E-state index in [0.717, 1.165) is 167 Å². The molecular weight excluding hydrogens is 1280 g/mol. The second-order valence-corrected chi connectivity index (χ2v) is 29.9. The lowest BCUT2D eigenvalue weighted by molar-refractivity contribution is -0.161. The molecule has 0 aromatic rings. The van der Waals surface area contributed by atoms with E-state index < -0.39 is 97.5 Å². The van der Waals surface area contributed by atoms with Gasteiger partial charge in [0.1, 0.15) is 19.3 Å². The predicted octanol–water partition coefficient (Wildman–Crippen LogP) is 22.9. The van der Waals surface area contributed by atoms with E-state index >= 15 is 0 Å². The van der Waals surface area contributed by atoms with Crippen LogP contribution in [0, 0.1) is 0 Å². The molecular formula is C79H146O17P2. The summed E-state index contributed by atoms with van der Waals surface area (Å²) >= 11 is 0. The summed E-state index contributed by atoms with van der Waals surface area (Å²) in [7, 11) is -9.94. The van der Waals surface area contributed by atoms with E-state index in [4.69, 9.17) is 37.0 Å². The van der Waals surface area contributed by atoms with Crippen LogP contribution in [0.15, 0.2) is 48.6 Å². The molecule has 0 aliphatic heterocycles. The Balaban J connectivity index is 5.32. The maximum Gasteiger partial charge on any atom is 0.472 e. The van der Waals surface area contributed by atoms with E-state index in [-0.39, 0.29) is 25.7 Å². The van der Waals surface area contributed by atoms with Crippen molar-refractivity contribution in [3.63, 3.8) is 0 Å². The van der Waals surface area contributed by atoms with Crippen LogP contribution in [0.4, 0.5) is 0 Å². The van der Waals surface area contributed by atoms with Crippen molar-refractivity contribution in [1.82, 2.24) is 0 Å². The molecule has 19 heteroatoms. The zero-order valence-electron chi connectivity index (χ0n) is 62.7. The third-order valence-corrected chi connectivity index (χ3v) is 19.1. The topological polar surface area (TPSA) is 237 Å². The first-order valence-corrected chi connectivity index (χ1v) is 42.9. The van der Waals surface area contributed by atoms with Gasteiger partial charge in [0.2, 0.25) is 0 Å². The molecule has 0 aromatic heterocycles. The molecule has 3 N–H and O–H groups in total. The summed E-state index contributed by atoms with van der Waals surface area (Å²) in [5.41, 5.74) is 0. The Labute approximate surface area is 597 Å². The molecule has 574 valence electrons. The van der Waals surface area contributed by atoms with Gasteiger partial charge < -0.3 is 33.8 Å². The molecule has 0 heterocycles. The molecule has 0 amide bonds. The van der Waals surface area contributed by atoms with Crippen molar-refractivity contribution in [2.75, 3.05) is 39.6 Å². The SMILES string of the molecule is CCCCCC/C=C\CCCCCCCCCC(=O)OC[C@H](COP(=O)(O)OC[C@H](O)COP(=O)(O)OC[C@@H](COC(=O)CCCCCCC/C=C\CCCCCCCC)OC(=O)CCCCCCC/C=C\CCCCCC)OC(=O)CCCCCCCCC/C=C\CCCCCC. The Hall–Kier alpha value is -2.98. The molecule has 0 radical (unpaired) electrons. The molecule has 0 saturated heterocycles. The largest absolute Gasteiger partial charge is 0.472 e. The number of hydrogen-bond donors (Lipinski definition) is 3. The average molecular weight is 1430 g/mol. The first-order chi connectivity index (χ1) is 47.7. The molecule has 0 aliphatic rings. The third kappa shape index (κ3) is 71.4. The minimum atomic E-state index is -4.97. The Morgan fingerprint density at radius 1 is 0.276 bits per heavy atom. The van der Waals surface area contributed by atoms with E-state index in [0.29, 0.717) is 25.7 Å². The number of unbranched alkanes of at least 4 members (excludes halogenated alkanes) is 42. The normalized spacial score (nSPS) is 14.2. The van der Waals surface area contributed by atoms with Gasteiger partial charge in [0.05, 0.1) is 26.4 Å². The van der Waals surface area contributed by atoms with Crippen LogP contribution in [-0.2, 0) is 65.4 Å². The number of aliphatic hydroxyl groups is 1. The maximum atomic E-state index is 13.1. The van der Waals surface area contributed by atoms with E-state index in [1.807, 2.05) is 0 Å². The highest BCUT2D eigenvalue weighted by Gasteiger charge is 2.30. The molecule has 0 spiro atoms. The number of allylic oxidation sites excluding steroid dienone is 8. The van der Waals surface area contributed by atoms with Gasteiger partial charge >= 0.3 is 39.5 Å². The molecule has 0 fully saturated rings. The zero-order valence-corrected chi connectivity index (χ0v) is 64.5. The summed E-state index contributed by atoms with van der Waals surface area (Å²) < 4.78 is 68.6. The van der Waals surface area contributed by atoms with Gasteiger partial charge in [-0.25, -0.2) is 9.13 Å². The van der Waals surface area contributed by atoms with Gasteiger partial charge in [-0.2, -0.15) is 0 Å². The standard InChI is InChI=1S/C79H146O17P2/c1-5-9-13-17-21-25-29-33-36-40-43-47-51-55-59-63-76(81)89-69-74(95-78(83)65-61-57-53-49-45-39-32-28-24-20-16-12-8-4)71-93-97(85,86)91-67-73(80)68-92-98(87,88)94-72-75(96-79(84)66-62-58-54-50-46-42-38-35-31-27-23-19-15-11-7-3)70-90-77(82)64-60-56-52-48-44-41-37-34-30-26-22-18-14-10-6-2/h26-28,30-33,36,73-75,80H,5-25,29,34-35,37-72H2,1-4H3,(H,85,86)(H,87,88)/b30-26-,31-27-,32-28-,36-33-/t73-,74-,75-/m1/s1. The van der Waals surface area contributed by atoms with Gasteiger partial charge in [0, 0.05) is 25.7 Å². The lowest BCUT2D eigenvalue weighted by atomic mass is 10.1. The highest BCUT2D eigenvalue weighted by Crippen LogP contribution is 2.45. The van der Waals surface area contributed by atoms with E-state index in [9.17, 15) is 43.2 Å². The number of phosphoric ester groups is 2. The Morgan fingerprint density at radius 3 is 0.714 bits per heavy atom. The first-order valence-electron chi connectivity index (χ1n) is 39.9. The van der Waals surface area contributed by atoms with Crippen molar-refractivity contribution in [3.05, 3.63) is 48.6 Å². The lowest BCUT2D eigenvalue weighted by Gasteiger charge is -2.21. The highest BCUT2D eigenvalue weighted by molar-refractivity contribution is 7.47. The number of hydrogen-bond acceptors (Lipinski definition) is 15.